The van der Waals surface area contributed by atoms with Gasteiger partial charge in [0.25, 0.3) is 0 Å². The van der Waals surface area contributed by atoms with Gasteiger partial charge in [-0.15, -0.1) is 0 Å². The molecular weight excluding hydrogens is 316 g/mol. The average molecular weight is 361 g/mol. The van der Waals surface area contributed by atoms with E-state index in [9.17, 15) is 0 Å². The van der Waals surface area contributed by atoms with Gasteiger partial charge in [-0.3, -0.25) is 0 Å². The summed E-state index contributed by atoms with van der Waals surface area (Å²) in [4.78, 5) is 0. The number of hydrogen-bond acceptors (Lipinski definition) is 1. The van der Waals surface area contributed by atoms with Gasteiger partial charge in [0, 0.05) is 5.92 Å². The summed E-state index contributed by atoms with van der Waals surface area (Å²) < 4.78 is 5.92. The van der Waals surface area contributed by atoms with Gasteiger partial charge in [-0.25, -0.2) is 0 Å². The van der Waals surface area contributed by atoms with Crippen LogP contribution in [0.3, 0.4) is 0 Å². The molecule has 2 fully saturated rings. The van der Waals surface area contributed by atoms with E-state index in [1.54, 1.807) is 5.57 Å². The largest absolute Gasteiger partial charge is 0.369 e. The summed E-state index contributed by atoms with van der Waals surface area (Å²) in [5.41, 5.74) is 1.73. The van der Waals surface area contributed by atoms with E-state index >= 15 is 0 Å². The first kappa shape index (κ1) is 20.4. The number of hydrogen-bond donors (Lipinski definition) is 0. The van der Waals surface area contributed by atoms with Crippen LogP contribution in [0.15, 0.2) is 11.6 Å². The van der Waals surface area contributed by atoms with Gasteiger partial charge in [-0.05, 0) is 81.0 Å². The van der Waals surface area contributed by atoms with Crippen LogP contribution in [0, 0.1) is 41.4 Å². The van der Waals surface area contributed by atoms with Crippen molar-refractivity contribution in [2.75, 3.05) is 0 Å². The van der Waals surface area contributed by atoms with Crippen LogP contribution in [0.4, 0.5) is 0 Å². The van der Waals surface area contributed by atoms with Gasteiger partial charge in [0.05, 0.1) is 12.2 Å². The number of epoxide rings is 1. The average Bonchev–Trinajstić information content (AvgIpc) is 3.47. The zero-order chi connectivity index (χ0) is 18.8. The molecule has 0 aromatic heterocycles. The summed E-state index contributed by atoms with van der Waals surface area (Å²) in [6.45, 7) is 14.5. The smallest absolute Gasteiger partial charge is 0.0904 e. The molecule has 8 unspecified atom stereocenters. The molecule has 0 radical (unpaired) electrons. The minimum Gasteiger partial charge on any atom is -0.369 e. The maximum absolute atomic E-state index is 5.92. The first-order chi connectivity index (χ1) is 12.5. The second-order valence-electron chi connectivity index (χ2n) is 10.1. The van der Waals surface area contributed by atoms with Crippen molar-refractivity contribution in [2.45, 2.75) is 105 Å². The second kappa shape index (κ2) is 8.80. The molecule has 1 aliphatic heterocycles. The lowest BCUT2D eigenvalue weighted by Gasteiger charge is -2.33. The van der Waals surface area contributed by atoms with Crippen molar-refractivity contribution in [3.05, 3.63) is 11.6 Å². The monoisotopic (exact) mass is 360 g/mol. The zero-order valence-electron chi connectivity index (χ0n) is 18.3. The van der Waals surface area contributed by atoms with Crippen molar-refractivity contribution in [1.29, 1.82) is 0 Å². The van der Waals surface area contributed by atoms with Crippen LogP contribution < -0.4 is 0 Å². The zero-order valence-corrected chi connectivity index (χ0v) is 18.3. The van der Waals surface area contributed by atoms with Crippen LogP contribution in [-0.4, -0.2) is 12.2 Å². The number of ether oxygens (including phenoxy) is 1. The summed E-state index contributed by atoms with van der Waals surface area (Å²) >= 11 is 0. The Morgan fingerprint density at radius 2 is 1.77 bits per heavy atom. The molecule has 0 aromatic rings. The molecule has 0 amide bonds. The topological polar surface area (TPSA) is 12.5 Å². The third-order valence-corrected chi connectivity index (χ3v) is 8.31. The normalized spacial score (nSPS) is 44.0. The lowest BCUT2D eigenvalue weighted by Crippen LogP contribution is -2.24. The highest BCUT2D eigenvalue weighted by Crippen LogP contribution is 2.50. The third kappa shape index (κ3) is 4.75. The van der Waals surface area contributed by atoms with E-state index in [1.165, 1.54) is 51.4 Å². The van der Waals surface area contributed by atoms with Crippen LogP contribution in [0.2, 0.25) is 0 Å². The minimum absolute atomic E-state index is 0.494. The Kier molecular flexibility index (Phi) is 6.92. The molecule has 0 bridgehead atoms. The minimum atomic E-state index is 0.494. The first-order valence-electron chi connectivity index (χ1n) is 11.8. The molecular formula is C25H44O. The van der Waals surface area contributed by atoms with E-state index in [0.717, 1.165) is 35.5 Å². The predicted molar refractivity (Wildman–Crippen MR) is 112 cm³/mol. The van der Waals surface area contributed by atoms with Gasteiger partial charge in [0.15, 0.2) is 0 Å². The number of allylic oxidation sites excluding steroid dienone is 1. The highest BCUT2D eigenvalue weighted by molar-refractivity contribution is 5.14. The highest BCUT2D eigenvalue weighted by atomic mass is 16.6. The van der Waals surface area contributed by atoms with Gasteiger partial charge in [0.1, 0.15) is 0 Å². The van der Waals surface area contributed by atoms with Crippen molar-refractivity contribution in [2.24, 2.45) is 41.4 Å². The molecule has 8 atom stereocenters. The van der Waals surface area contributed by atoms with E-state index in [2.05, 4.69) is 47.6 Å². The molecule has 0 N–H and O–H groups in total. The molecule has 1 saturated carbocycles. The van der Waals surface area contributed by atoms with Gasteiger partial charge < -0.3 is 4.74 Å². The van der Waals surface area contributed by atoms with Crippen LogP contribution in [0.5, 0.6) is 0 Å². The quantitative estimate of drug-likeness (QED) is 0.328. The Morgan fingerprint density at radius 1 is 1.08 bits per heavy atom. The van der Waals surface area contributed by atoms with Gasteiger partial charge in [-0.1, -0.05) is 59.1 Å². The molecule has 3 rings (SSSR count). The Bertz CT molecular complexity index is 473. The molecule has 2 aliphatic carbocycles. The standard InChI is InChI=1S/C25H44O/c1-7-9-21-10-11-22(14-16(3)15-24(21)25-19(6)26-25)20(8-2)12-13-23-17(4)18(23)5/h10,16-20,22-25H,7-9,11-15H2,1-6H3. The lowest BCUT2D eigenvalue weighted by molar-refractivity contribution is 0.214. The van der Waals surface area contributed by atoms with Crippen molar-refractivity contribution in [3.63, 3.8) is 0 Å². The maximum atomic E-state index is 5.92. The first-order valence-corrected chi connectivity index (χ1v) is 11.8. The molecule has 150 valence electrons. The molecule has 3 aliphatic rings. The fourth-order valence-electron chi connectivity index (χ4n) is 6.15. The molecule has 1 nitrogen and oxygen atoms in total. The SMILES string of the molecule is CCCC1=CCC(C(CC)CCC2C(C)C2C)CC(C)CC1C1OC1C. The predicted octanol–water partition coefficient (Wildman–Crippen LogP) is 7.26. The molecule has 26 heavy (non-hydrogen) atoms. The van der Waals surface area contributed by atoms with Gasteiger partial charge >= 0.3 is 0 Å². The fourth-order valence-corrected chi connectivity index (χ4v) is 6.15. The van der Waals surface area contributed by atoms with E-state index in [1.807, 2.05) is 0 Å². The second-order valence-corrected chi connectivity index (χ2v) is 10.1. The van der Waals surface area contributed by atoms with Gasteiger partial charge in [0.2, 0.25) is 0 Å². The van der Waals surface area contributed by atoms with Crippen LogP contribution in [-0.2, 0) is 4.74 Å². The van der Waals surface area contributed by atoms with Crippen molar-refractivity contribution < 1.29 is 4.74 Å². The summed E-state index contributed by atoms with van der Waals surface area (Å²) in [5.74, 6) is 6.39. The Morgan fingerprint density at radius 3 is 2.31 bits per heavy atom. The summed E-state index contributed by atoms with van der Waals surface area (Å²) in [6.07, 6.45) is 14.7. The molecule has 1 heterocycles. The Labute approximate surface area is 163 Å². The van der Waals surface area contributed by atoms with Crippen LogP contribution in [0.25, 0.3) is 0 Å². The summed E-state index contributed by atoms with van der Waals surface area (Å²) in [5, 5.41) is 0. The number of rotatable bonds is 8. The maximum Gasteiger partial charge on any atom is 0.0904 e. The molecule has 1 heteroatoms. The van der Waals surface area contributed by atoms with Crippen LogP contribution >= 0.6 is 0 Å². The molecule has 0 spiro atoms. The summed E-state index contributed by atoms with van der Waals surface area (Å²) in [6, 6.07) is 0. The third-order valence-electron chi connectivity index (χ3n) is 8.31. The summed E-state index contributed by atoms with van der Waals surface area (Å²) in [7, 11) is 0. The van der Waals surface area contributed by atoms with E-state index in [4.69, 9.17) is 4.74 Å². The Hall–Kier alpha value is -0.300. The van der Waals surface area contributed by atoms with Crippen molar-refractivity contribution in [3.8, 4) is 0 Å². The van der Waals surface area contributed by atoms with E-state index < -0.39 is 0 Å². The van der Waals surface area contributed by atoms with Gasteiger partial charge in [-0.2, -0.15) is 0 Å². The fraction of sp³-hybridized carbons (Fsp3) is 0.920. The molecule has 0 aromatic carbocycles. The lowest BCUT2D eigenvalue weighted by atomic mass is 9.72. The van der Waals surface area contributed by atoms with Crippen molar-refractivity contribution >= 4 is 0 Å². The Balaban J connectivity index is 1.64. The molecule has 1 saturated heterocycles. The van der Waals surface area contributed by atoms with Crippen molar-refractivity contribution in [1.82, 2.24) is 0 Å². The van der Waals surface area contributed by atoms with E-state index in [-0.39, 0.29) is 0 Å². The van der Waals surface area contributed by atoms with Crippen LogP contribution in [0.1, 0.15) is 92.9 Å². The van der Waals surface area contributed by atoms with E-state index in [0.29, 0.717) is 18.1 Å². The highest BCUT2D eigenvalue weighted by Gasteiger charge is 2.44.